The standard InChI is InChI=1S/C12H17ClN2O3.ClH/c1-7(14)4-12(16)15-9-5-8(13)10(17-2)6-11(9)18-3;/h5-7H,4,14H2,1-3H3,(H,15,16);1H. The van der Waals surface area contributed by atoms with Gasteiger partial charge in [0, 0.05) is 18.5 Å². The van der Waals surface area contributed by atoms with Crippen molar-refractivity contribution < 1.29 is 14.3 Å². The molecule has 0 radical (unpaired) electrons. The van der Waals surface area contributed by atoms with E-state index in [2.05, 4.69) is 5.32 Å². The molecule has 0 bridgehead atoms. The smallest absolute Gasteiger partial charge is 0.226 e. The van der Waals surface area contributed by atoms with E-state index in [9.17, 15) is 4.79 Å². The fourth-order valence-corrected chi connectivity index (χ4v) is 1.69. The van der Waals surface area contributed by atoms with Crippen LogP contribution < -0.4 is 20.5 Å². The lowest BCUT2D eigenvalue weighted by atomic mass is 10.2. The van der Waals surface area contributed by atoms with Crippen LogP contribution in [-0.2, 0) is 4.79 Å². The van der Waals surface area contributed by atoms with Crippen LogP contribution in [-0.4, -0.2) is 26.2 Å². The van der Waals surface area contributed by atoms with Crippen LogP contribution >= 0.6 is 24.0 Å². The fraction of sp³-hybridized carbons (Fsp3) is 0.417. The molecular formula is C12H18Cl2N2O3. The summed E-state index contributed by atoms with van der Waals surface area (Å²) in [7, 11) is 3.01. The number of amides is 1. The van der Waals surface area contributed by atoms with Gasteiger partial charge in [-0.05, 0) is 13.0 Å². The SMILES string of the molecule is COc1cc(OC)c(NC(=O)CC(C)N)cc1Cl.Cl. The lowest BCUT2D eigenvalue weighted by molar-refractivity contribution is -0.116. The Kier molecular flexibility index (Phi) is 7.59. The zero-order valence-electron chi connectivity index (χ0n) is 11.0. The number of benzene rings is 1. The Balaban J connectivity index is 0.00000324. The molecule has 5 nitrogen and oxygen atoms in total. The summed E-state index contributed by atoms with van der Waals surface area (Å²) in [5.74, 6) is 0.775. The maximum atomic E-state index is 11.6. The number of nitrogens with two attached hydrogens (primary N) is 1. The number of halogens is 2. The van der Waals surface area contributed by atoms with Crippen LogP contribution in [0.1, 0.15) is 13.3 Å². The second-order valence-corrected chi connectivity index (χ2v) is 4.32. The van der Waals surface area contributed by atoms with Crippen molar-refractivity contribution >= 4 is 35.6 Å². The Morgan fingerprint density at radius 3 is 2.42 bits per heavy atom. The molecule has 1 aromatic rings. The molecule has 0 aliphatic rings. The second kappa shape index (κ2) is 8.09. The lowest BCUT2D eigenvalue weighted by Gasteiger charge is -2.13. The number of carbonyl (C=O) groups is 1. The summed E-state index contributed by atoms with van der Waals surface area (Å²) < 4.78 is 10.2. The van der Waals surface area contributed by atoms with Gasteiger partial charge in [-0.25, -0.2) is 0 Å². The first kappa shape index (κ1) is 17.8. The number of ether oxygens (including phenoxy) is 2. The number of methoxy groups -OCH3 is 2. The van der Waals surface area contributed by atoms with Crippen LogP contribution in [0.5, 0.6) is 11.5 Å². The van der Waals surface area contributed by atoms with E-state index in [-0.39, 0.29) is 30.8 Å². The number of rotatable bonds is 5. The van der Waals surface area contributed by atoms with E-state index in [0.717, 1.165) is 0 Å². The minimum atomic E-state index is -0.204. The molecule has 1 atom stereocenters. The van der Waals surface area contributed by atoms with Crippen molar-refractivity contribution in [3.8, 4) is 11.5 Å². The topological polar surface area (TPSA) is 73.6 Å². The molecule has 1 amide bonds. The molecule has 1 rings (SSSR count). The second-order valence-electron chi connectivity index (χ2n) is 3.92. The maximum absolute atomic E-state index is 11.6. The number of hydrogen-bond donors (Lipinski definition) is 2. The number of carbonyl (C=O) groups excluding carboxylic acids is 1. The van der Waals surface area contributed by atoms with Crippen molar-refractivity contribution in [3.63, 3.8) is 0 Å². The third kappa shape index (κ3) is 5.14. The van der Waals surface area contributed by atoms with E-state index >= 15 is 0 Å². The van der Waals surface area contributed by atoms with Crippen molar-refractivity contribution in [1.82, 2.24) is 0 Å². The van der Waals surface area contributed by atoms with Gasteiger partial charge in [-0.3, -0.25) is 4.79 Å². The highest BCUT2D eigenvalue weighted by Crippen LogP contribution is 2.35. The van der Waals surface area contributed by atoms with Crippen LogP contribution in [0.25, 0.3) is 0 Å². The molecule has 0 saturated carbocycles. The zero-order valence-corrected chi connectivity index (χ0v) is 12.6. The number of nitrogens with one attached hydrogen (secondary N) is 1. The van der Waals surface area contributed by atoms with Crippen molar-refractivity contribution in [1.29, 1.82) is 0 Å². The maximum Gasteiger partial charge on any atom is 0.226 e. The average Bonchev–Trinajstić information content (AvgIpc) is 2.28. The third-order valence-electron chi connectivity index (χ3n) is 2.26. The van der Waals surface area contributed by atoms with Gasteiger partial charge in [0.25, 0.3) is 0 Å². The first-order valence-corrected chi connectivity index (χ1v) is 5.82. The highest BCUT2D eigenvalue weighted by molar-refractivity contribution is 6.32. The quantitative estimate of drug-likeness (QED) is 0.876. The van der Waals surface area contributed by atoms with Crippen molar-refractivity contribution in [3.05, 3.63) is 17.2 Å². The van der Waals surface area contributed by atoms with Gasteiger partial charge in [-0.15, -0.1) is 12.4 Å². The first-order chi connectivity index (χ1) is 8.47. The predicted octanol–water partition coefficient (Wildman–Crippen LogP) is 2.45. The van der Waals surface area contributed by atoms with Gasteiger partial charge in [0.1, 0.15) is 11.5 Å². The molecule has 0 spiro atoms. The van der Waals surface area contributed by atoms with Crippen LogP contribution in [0.15, 0.2) is 12.1 Å². The summed E-state index contributed by atoms with van der Waals surface area (Å²) in [6.07, 6.45) is 0.229. The molecule has 0 saturated heterocycles. The van der Waals surface area contributed by atoms with Gasteiger partial charge < -0.3 is 20.5 Å². The largest absolute Gasteiger partial charge is 0.495 e. The van der Waals surface area contributed by atoms with Crippen LogP contribution in [0.2, 0.25) is 5.02 Å². The molecule has 0 fully saturated rings. The summed E-state index contributed by atoms with van der Waals surface area (Å²) in [5.41, 5.74) is 6.05. The van der Waals surface area contributed by atoms with E-state index < -0.39 is 0 Å². The number of anilines is 1. The van der Waals surface area contributed by atoms with Crippen molar-refractivity contribution in [2.45, 2.75) is 19.4 Å². The number of hydrogen-bond acceptors (Lipinski definition) is 4. The van der Waals surface area contributed by atoms with Gasteiger partial charge in [-0.1, -0.05) is 11.6 Å². The molecule has 1 aromatic carbocycles. The van der Waals surface area contributed by atoms with Gasteiger partial charge in [0.05, 0.1) is 24.9 Å². The highest BCUT2D eigenvalue weighted by atomic mass is 35.5. The Morgan fingerprint density at radius 2 is 1.95 bits per heavy atom. The Bertz CT molecular complexity index is 439. The van der Waals surface area contributed by atoms with Crippen LogP contribution in [0.4, 0.5) is 5.69 Å². The average molecular weight is 309 g/mol. The third-order valence-corrected chi connectivity index (χ3v) is 2.55. The summed E-state index contributed by atoms with van der Waals surface area (Å²) in [6.45, 7) is 1.76. The summed E-state index contributed by atoms with van der Waals surface area (Å²) in [5, 5.41) is 3.10. The summed E-state index contributed by atoms with van der Waals surface area (Å²) >= 11 is 5.99. The van der Waals surface area contributed by atoms with E-state index in [1.54, 1.807) is 19.1 Å². The molecule has 19 heavy (non-hydrogen) atoms. The normalized spacial score (nSPS) is 11.2. The highest BCUT2D eigenvalue weighted by Gasteiger charge is 2.13. The fourth-order valence-electron chi connectivity index (χ4n) is 1.45. The zero-order chi connectivity index (χ0) is 13.7. The molecule has 1 unspecified atom stereocenters. The Labute approximate surface area is 123 Å². The molecule has 3 N–H and O–H groups in total. The van der Waals surface area contributed by atoms with Crippen LogP contribution in [0, 0.1) is 0 Å². The Morgan fingerprint density at radius 1 is 1.37 bits per heavy atom. The summed E-state index contributed by atoms with van der Waals surface area (Å²) in [4.78, 5) is 11.6. The molecule has 0 aliphatic carbocycles. The summed E-state index contributed by atoms with van der Waals surface area (Å²) in [6, 6.07) is 2.99. The van der Waals surface area contributed by atoms with Crippen LogP contribution in [0.3, 0.4) is 0 Å². The van der Waals surface area contributed by atoms with Crippen molar-refractivity contribution in [2.24, 2.45) is 5.73 Å². The molecule has 0 aliphatic heterocycles. The van der Waals surface area contributed by atoms with Crippen molar-refractivity contribution in [2.75, 3.05) is 19.5 Å². The molecule has 108 valence electrons. The van der Waals surface area contributed by atoms with E-state index in [4.69, 9.17) is 26.8 Å². The van der Waals surface area contributed by atoms with Gasteiger partial charge >= 0.3 is 0 Å². The van der Waals surface area contributed by atoms with Gasteiger partial charge in [0.15, 0.2) is 0 Å². The Hall–Kier alpha value is -1.17. The van der Waals surface area contributed by atoms with E-state index in [0.29, 0.717) is 22.2 Å². The van der Waals surface area contributed by atoms with E-state index in [1.165, 1.54) is 14.2 Å². The predicted molar refractivity (Wildman–Crippen MR) is 78.7 cm³/mol. The van der Waals surface area contributed by atoms with Gasteiger partial charge in [0.2, 0.25) is 5.91 Å². The van der Waals surface area contributed by atoms with Gasteiger partial charge in [-0.2, -0.15) is 0 Å². The lowest BCUT2D eigenvalue weighted by Crippen LogP contribution is -2.24. The molecular weight excluding hydrogens is 291 g/mol. The van der Waals surface area contributed by atoms with E-state index in [1.807, 2.05) is 0 Å². The molecule has 0 aromatic heterocycles. The first-order valence-electron chi connectivity index (χ1n) is 5.45. The minimum Gasteiger partial charge on any atom is -0.495 e. The monoisotopic (exact) mass is 308 g/mol. The molecule has 0 heterocycles. The molecule has 7 heteroatoms. The minimum absolute atomic E-state index is 0.